The lowest BCUT2D eigenvalue weighted by atomic mass is 10.1. The largest absolute Gasteiger partial charge is 0.463 e. The lowest BCUT2D eigenvalue weighted by Crippen LogP contribution is -2.14. The number of rotatable bonds is 5. The number of nitrogens with zero attached hydrogens (tertiary/aromatic N) is 2. The molecule has 0 unspecified atom stereocenters. The highest BCUT2D eigenvalue weighted by molar-refractivity contribution is 6.30. The molecule has 3 N–H and O–H groups in total. The van der Waals surface area contributed by atoms with E-state index in [-0.39, 0.29) is 22.8 Å². The average Bonchev–Trinajstić information content (AvgIpc) is 3.02. The molecule has 0 aliphatic carbocycles. The van der Waals surface area contributed by atoms with Crippen LogP contribution in [0.3, 0.4) is 0 Å². The van der Waals surface area contributed by atoms with Crippen molar-refractivity contribution >= 4 is 29.2 Å². The summed E-state index contributed by atoms with van der Waals surface area (Å²) in [4.78, 5) is 19.9. The van der Waals surface area contributed by atoms with E-state index in [1.54, 1.807) is 12.1 Å². The summed E-state index contributed by atoms with van der Waals surface area (Å²) in [6.45, 7) is 0.514. The van der Waals surface area contributed by atoms with E-state index in [0.29, 0.717) is 12.3 Å². The second-order valence-electron chi connectivity index (χ2n) is 5.59. The van der Waals surface area contributed by atoms with Crippen LogP contribution in [0, 0.1) is 5.82 Å². The minimum atomic E-state index is -0.836. The number of nitrogens with one attached hydrogen (secondary N) is 1. The van der Waals surface area contributed by atoms with Gasteiger partial charge < -0.3 is 15.8 Å². The summed E-state index contributed by atoms with van der Waals surface area (Å²) in [5, 5.41) is 2.30. The molecule has 0 spiro atoms. The third-order valence-corrected chi connectivity index (χ3v) is 4.07. The van der Waals surface area contributed by atoms with E-state index < -0.39 is 11.7 Å². The first-order valence-electron chi connectivity index (χ1n) is 7.69. The molecule has 130 valence electrons. The molecule has 8 heteroatoms. The van der Waals surface area contributed by atoms with Gasteiger partial charge in [-0.25, -0.2) is 14.4 Å². The number of amides is 1. The first-order valence-corrected chi connectivity index (χ1v) is 8.07. The Morgan fingerprint density at radius 2 is 2.12 bits per heavy atom. The van der Waals surface area contributed by atoms with Crippen LogP contribution in [-0.4, -0.2) is 29.6 Å². The highest BCUT2D eigenvalue weighted by atomic mass is 35.5. The van der Waals surface area contributed by atoms with Crippen LogP contribution in [0.1, 0.15) is 22.3 Å². The van der Waals surface area contributed by atoms with Crippen LogP contribution in [-0.2, 0) is 11.2 Å². The molecule has 0 radical (unpaired) electrons. The number of carbonyl (C=O) groups excluding carboxylic acids is 1. The van der Waals surface area contributed by atoms with E-state index in [1.807, 2.05) is 12.1 Å². The van der Waals surface area contributed by atoms with Gasteiger partial charge in [-0.2, -0.15) is 0 Å². The molecule has 2 aromatic rings. The second kappa shape index (κ2) is 7.48. The Bertz CT molecular complexity index is 811. The van der Waals surface area contributed by atoms with Crippen LogP contribution >= 0.6 is 11.6 Å². The number of hydrogen-bond acceptors (Lipinski definition) is 5. The Labute approximate surface area is 148 Å². The van der Waals surface area contributed by atoms with E-state index in [2.05, 4.69) is 15.3 Å². The summed E-state index contributed by atoms with van der Waals surface area (Å²) in [5.74, 6) is -1.42. The van der Waals surface area contributed by atoms with Crippen LogP contribution in [0.2, 0.25) is 5.15 Å². The zero-order chi connectivity index (χ0) is 17.8. The van der Waals surface area contributed by atoms with Crippen molar-refractivity contribution in [2.75, 3.05) is 11.9 Å². The number of pyridine rings is 1. The quantitative estimate of drug-likeness (QED) is 0.800. The van der Waals surface area contributed by atoms with Gasteiger partial charge in [0.2, 0.25) is 0 Å². The van der Waals surface area contributed by atoms with Crippen molar-refractivity contribution in [3.8, 4) is 0 Å². The first-order chi connectivity index (χ1) is 12.0. The van der Waals surface area contributed by atoms with Gasteiger partial charge >= 0.3 is 0 Å². The number of halogens is 2. The first kappa shape index (κ1) is 17.2. The molecule has 1 aliphatic rings. The number of benzene rings is 1. The number of carbonyl (C=O) groups is 1. The summed E-state index contributed by atoms with van der Waals surface area (Å²) in [7, 11) is 0. The molecule has 0 saturated heterocycles. The van der Waals surface area contributed by atoms with E-state index >= 15 is 0 Å². The van der Waals surface area contributed by atoms with Crippen LogP contribution in [0.5, 0.6) is 0 Å². The van der Waals surface area contributed by atoms with Gasteiger partial charge in [-0.05, 0) is 36.6 Å². The number of aromatic nitrogens is 1. The smallest absolute Gasteiger partial charge is 0.282 e. The van der Waals surface area contributed by atoms with E-state index in [4.69, 9.17) is 22.1 Å². The minimum absolute atomic E-state index is 0.0822. The molecular formula is C17H16ClFN4O2. The number of aliphatic imine (C=N–C) groups is 1. The van der Waals surface area contributed by atoms with Crippen molar-refractivity contribution in [3.63, 3.8) is 0 Å². The van der Waals surface area contributed by atoms with Gasteiger partial charge in [-0.15, -0.1) is 0 Å². The van der Waals surface area contributed by atoms with Crippen molar-refractivity contribution in [2.45, 2.75) is 18.9 Å². The Balaban J connectivity index is 1.59. The zero-order valence-electron chi connectivity index (χ0n) is 13.2. The van der Waals surface area contributed by atoms with Gasteiger partial charge in [-0.1, -0.05) is 23.7 Å². The predicted octanol–water partition coefficient (Wildman–Crippen LogP) is 2.77. The lowest BCUT2D eigenvalue weighted by molar-refractivity contribution is 0.102. The number of nitrogens with two attached hydrogens (primary N) is 1. The van der Waals surface area contributed by atoms with Crippen LogP contribution in [0.15, 0.2) is 41.5 Å². The Morgan fingerprint density at radius 1 is 1.36 bits per heavy atom. The Morgan fingerprint density at radius 3 is 2.80 bits per heavy atom. The molecule has 1 amide bonds. The van der Waals surface area contributed by atoms with Gasteiger partial charge in [0.15, 0.2) is 11.0 Å². The van der Waals surface area contributed by atoms with Crippen molar-refractivity contribution in [1.29, 1.82) is 0 Å². The fraction of sp³-hybridized carbons (Fsp3) is 0.235. The molecule has 0 bridgehead atoms. The monoisotopic (exact) mass is 362 g/mol. The topological polar surface area (TPSA) is 89.6 Å². The van der Waals surface area contributed by atoms with Crippen LogP contribution in [0.4, 0.5) is 10.1 Å². The number of anilines is 1. The Hall–Kier alpha value is -2.67. The molecule has 1 atom stereocenters. The van der Waals surface area contributed by atoms with E-state index in [1.165, 1.54) is 12.3 Å². The van der Waals surface area contributed by atoms with Crippen LogP contribution in [0.25, 0.3) is 0 Å². The molecule has 3 rings (SSSR count). The lowest BCUT2D eigenvalue weighted by Gasteiger charge is -2.08. The third-order valence-electron chi connectivity index (χ3n) is 3.80. The Kier molecular flexibility index (Phi) is 5.14. The SMILES string of the molecule is NC1=N[C@@H](CCc2ccc(NC(=O)c3ccnc(Cl)c3F)cc2)CO1. The van der Waals surface area contributed by atoms with Gasteiger partial charge in [0, 0.05) is 11.9 Å². The van der Waals surface area contributed by atoms with E-state index in [9.17, 15) is 9.18 Å². The summed E-state index contributed by atoms with van der Waals surface area (Å²) in [6.07, 6.45) is 2.92. The molecule has 1 aromatic heterocycles. The molecule has 2 heterocycles. The fourth-order valence-corrected chi connectivity index (χ4v) is 2.62. The summed E-state index contributed by atoms with van der Waals surface area (Å²) >= 11 is 5.59. The molecule has 6 nitrogen and oxygen atoms in total. The molecular weight excluding hydrogens is 347 g/mol. The van der Waals surface area contributed by atoms with Gasteiger partial charge in [0.25, 0.3) is 11.9 Å². The highest BCUT2D eigenvalue weighted by Gasteiger charge is 2.17. The maximum atomic E-state index is 13.8. The fourth-order valence-electron chi connectivity index (χ4n) is 2.46. The number of amidine groups is 1. The normalized spacial score (nSPS) is 16.2. The molecule has 25 heavy (non-hydrogen) atoms. The summed E-state index contributed by atoms with van der Waals surface area (Å²) in [5.41, 5.74) is 6.98. The van der Waals surface area contributed by atoms with Crippen molar-refractivity contribution in [3.05, 3.63) is 58.6 Å². The molecule has 1 aromatic carbocycles. The maximum absolute atomic E-state index is 13.8. The van der Waals surface area contributed by atoms with Gasteiger partial charge in [-0.3, -0.25) is 4.79 Å². The minimum Gasteiger partial charge on any atom is -0.463 e. The number of hydrogen-bond donors (Lipinski definition) is 2. The summed E-state index contributed by atoms with van der Waals surface area (Å²) < 4.78 is 18.9. The molecule has 0 saturated carbocycles. The highest BCUT2D eigenvalue weighted by Crippen LogP contribution is 2.18. The second-order valence-corrected chi connectivity index (χ2v) is 5.94. The molecule has 0 fully saturated rings. The van der Waals surface area contributed by atoms with Crippen molar-refractivity contribution in [2.24, 2.45) is 10.7 Å². The van der Waals surface area contributed by atoms with Gasteiger partial charge in [0.05, 0.1) is 11.6 Å². The number of aryl methyl sites for hydroxylation is 1. The van der Waals surface area contributed by atoms with Crippen molar-refractivity contribution < 1.29 is 13.9 Å². The molecule has 1 aliphatic heterocycles. The summed E-state index contributed by atoms with van der Waals surface area (Å²) in [6, 6.07) is 8.92. The maximum Gasteiger partial charge on any atom is 0.282 e. The average molecular weight is 363 g/mol. The van der Waals surface area contributed by atoms with Crippen molar-refractivity contribution in [1.82, 2.24) is 4.98 Å². The number of ether oxygens (including phenoxy) is 1. The third kappa shape index (κ3) is 4.24. The van der Waals surface area contributed by atoms with E-state index in [0.717, 1.165) is 18.4 Å². The zero-order valence-corrected chi connectivity index (χ0v) is 14.0. The van der Waals surface area contributed by atoms with Gasteiger partial charge in [0.1, 0.15) is 6.61 Å². The standard InChI is InChI=1S/C17H16ClFN4O2/c18-15-14(19)13(7-8-21-15)16(24)22-11-4-1-10(2-5-11)3-6-12-9-25-17(20)23-12/h1-2,4-5,7-8,12H,3,6,9H2,(H2,20,23)(H,22,24)/t12-/m0/s1. The van der Waals surface area contributed by atoms with Crippen LogP contribution < -0.4 is 11.1 Å². The predicted molar refractivity (Wildman–Crippen MR) is 93.3 cm³/mol.